The standard InChI is InChI=1S/C20H23ClN2O2/c21-18-11-5-4-9-16(18)13-19(15-7-2-1-3-8-15)22-20(25)23-12-6-10-17(24)14-23/h1-5,7-9,11,17,19,24H,6,10,12-14H2,(H,22,25)/t17-,19+/m0/s1. The van der Waals surface area contributed by atoms with E-state index in [0.29, 0.717) is 24.5 Å². The molecule has 1 aliphatic heterocycles. The normalized spacial score (nSPS) is 18.6. The number of rotatable bonds is 4. The Bertz CT molecular complexity index is 708. The van der Waals surface area contributed by atoms with Crippen molar-refractivity contribution in [3.8, 4) is 0 Å². The highest BCUT2D eigenvalue weighted by Crippen LogP contribution is 2.24. The number of nitrogens with zero attached hydrogens (tertiary/aromatic N) is 1. The zero-order chi connectivity index (χ0) is 17.6. The molecule has 0 radical (unpaired) electrons. The van der Waals surface area contributed by atoms with Gasteiger partial charge in [-0.2, -0.15) is 0 Å². The minimum atomic E-state index is -0.432. The van der Waals surface area contributed by atoms with E-state index in [1.54, 1.807) is 4.90 Å². The van der Waals surface area contributed by atoms with Crippen LogP contribution in [0.25, 0.3) is 0 Å². The Morgan fingerprint density at radius 1 is 1.20 bits per heavy atom. The summed E-state index contributed by atoms with van der Waals surface area (Å²) in [6.45, 7) is 1.07. The largest absolute Gasteiger partial charge is 0.391 e. The fourth-order valence-corrected chi connectivity index (χ4v) is 3.41. The molecule has 1 saturated heterocycles. The van der Waals surface area contributed by atoms with Gasteiger partial charge in [0.25, 0.3) is 0 Å². The van der Waals surface area contributed by atoms with Gasteiger partial charge in [-0.1, -0.05) is 60.1 Å². The summed E-state index contributed by atoms with van der Waals surface area (Å²) in [5.41, 5.74) is 2.03. The molecular formula is C20H23ClN2O2. The van der Waals surface area contributed by atoms with E-state index >= 15 is 0 Å². The zero-order valence-electron chi connectivity index (χ0n) is 14.1. The van der Waals surface area contributed by atoms with Crippen molar-refractivity contribution < 1.29 is 9.90 Å². The molecular weight excluding hydrogens is 336 g/mol. The SMILES string of the molecule is O=C(N[C@H](Cc1ccccc1Cl)c1ccccc1)N1CCC[C@H](O)C1. The Morgan fingerprint density at radius 3 is 2.64 bits per heavy atom. The van der Waals surface area contributed by atoms with Crippen molar-refractivity contribution >= 4 is 17.6 Å². The van der Waals surface area contributed by atoms with Crippen LogP contribution in [0.15, 0.2) is 54.6 Å². The number of likely N-dealkylation sites (tertiary alicyclic amines) is 1. The molecule has 25 heavy (non-hydrogen) atoms. The lowest BCUT2D eigenvalue weighted by Crippen LogP contribution is -2.48. The third kappa shape index (κ3) is 4.74. The van der Waals surface area contributed by atoms with Crippen LogP contribution in [-0.4, -0.2) is 35.2 Å². The first-order chi connectivity index (χ1) is 12.1. The second kappa shape index (κ2) is 8.37. The first-order valence-corrected chi connectivity index (χ1v) is 9.03. The first kappa shape index (κ1) is 17.8. The Kier molecular flexibility index (Phi) is 5.95. The third-order valence-corrected chi connectivity index (χ3v) is 4.93. The van der Waals surface area contributed by atoms with Gasteiger partial charge in [0.05, 0.1) is 12.1 Å². The fraction of sp³-hybridized carbons (Fsp3) is 0.350. The predicted octanol–water partition coefficient (Wildman–Crippen LogP) is 3.79. The molecule has 0 aromatic heterocycles. The Hall–Kier alpha value is -2.04. The molecule has 1 fully saturated rings. The van der Waals surface area contributed by atoms with Crippen LogP contribution < -0.4 is 5.32 Å². The zero-order valence-corrected chi connectivity index (χ0v) is 14.8. The van der Waals surface area contributed by atoms with Gasteiger partial charge in [-0.15, -0.1) is 0 Å². The number of aliphatic hydroxyl groups excluding tert-OH is 1. The summed E-state index contributed by atoms with van der Waals surface area (Å²) in [5, 5.41) is 13.6. The second-order valence-electron chi connectivity index (χ2n) is 6.45. The Balaban J connectivity index is 1.77. The number of halogens is 1. The number of hydrogen-bond acceptors (Lipinski definition) is 2. The molecule has 1 heterocycles. The van der Waals surface area contributed by atoms with Crippen LogP contribution in [0.5, 0.6) is 0 Å². The van der Waals surface area contributed by atoms with Gasteiger partial charge in [0, 0.05) is 18.1 Å². The van der Waals surface area contributed by atoms with Crippen molar-refractivity contribution in [1.82, 2.24) is 10.2 Å². The molecule has 0 unspecified atom stereocenters. The fourth-order valence-electron chi connectivity index (χ4n) is 3.20. The van der Waals surface area contributed by atoms with Crippen LogP contribution in [0.2, 0.25) is 5.02 Å². The number of carbonyl (C=O) groups excluding carboxylic acids is 1. The first-order valence-electron chi connectivity index (χ1n) is 8.65. The number of hydrogen-bond donors (Lipinski definition) is 2. The maximum absolute atomic E-state index is 12.7. The van der Waals surface area contributed by atoms with E-state index in [1.807, 2.05) is 54.6 Å². The lowest BCUT2D eigenvalue weighted by molar-refractivity contribution is 0.0833. The number of carbonyl (C=O) groups is 1. The molecule has 2 atom stereocenters. The molecule has 3 rings (SSSR count). The topological polar surface area (TPSA) is 52.6 Å². The Labute approximate surface area is 153 Å². The molecule has 0 aliphatic carbocycles. The summed E-state index contributed by atoms with van der Waals surface area (Å²) in [6.07, 6.45) is 1.77. The molecule has 2 aromatic rings. The molecule has 0 bridgehead atoms. The monoisotopic (exact) mass is 358 g/mol. The predicted molar refractivity (Wildman–Crippen MR) is 99.7 cm³/mol. The van der Waals surface area contributed by atoms with Gasteiger partial charge in [-0.25, -0.2) is 4.79 Å². The summed E-state index contributed by atoms with van der Waals surface area (Å²) in [6, 6.07) is 17.3. The summed E-state index contributed by atoms with van der Waals surface area (Å²) in [4.78, 5) is 14.4. The molecule has 132 valence electrons. The van der Waals surface area contributed by atoms with Gasteiger partial charge >= 0.3 is 6.03 Å². The van der Waals surface area contributed by atoms with Gasteiger partial charge < -0.3 is 15.3 Å². The van der Waals surface area contributed by atoms with Crippen molar-refractivity contribution in [1.29, 1.82) is 0 Å². The number of aliphatic hydroxyl groups is 1. The Morgan fingerprint density at radius 2 is 1.92 bits per heavy atom. The van der Waals surface area contributed by atoms with Gasteiger partial charge in [0.1, 0.15) is 0 Å². The number of urea groups is 1. The molecule has 5 heteroatoms. The number of β-amino-alcohol motifs (C(OH)–C–C–N with tert-alkyl or cyclic N) is 1. The maximum Gasteiger partial charge on any atom is 0.317 e. The average Bonchev–Trinajstić information content (AvgIpc) is 2.63. The summed E-state index contributed by atoms with van der Waals surface area (Å²) >= 11 is 6.30. The van der Waals surface area contributed by atoms with E-state index in [-0.39, 0.29) is 12.1 Å². The van der Waals surface area contributed by atoms with Crippen LogP contribution in [0.3, 0.4) is 0 Å². The van der Waals surface area contributed by atoms with E-state index in [9.17, 15) is 9.90 Å². The smallest absolute Gasteiger partial charge is 0.317 e. The van der Waals surface area contributed by atoms with Crippen molar-refractivity contribution in [3.05, 3.63) is 70.7 Å². The van der Waals surface area contributed by atoms with E-state index in [2.05, 4.69) is 5.32 Å². The lowest BCUT2D eigenvalue weighted by atomic mass is 9.99. The van der Waals surface area contributed by atoms with Gasteiger partial charge in [-0.3, -0.25) is 0 Å². The van der Waals surface area contributed by atoms with E-state index in [4.69, 9.17) is 11.6 Å². The number of piperidine rings is 1. The molecule has 4 nitrogen and oxygen atoms in total. The van der Waals surface area contributed by atoms with Crippen LogP contribution in [0.4, 0.5) is 4.79 Å². The average molecular weight is 359 g/mol. The molecule has 1 aliphatic rings. The van der Waals surface area contributed by atoms with Crippen LogP contribution in [0, 0.1) is 0 Å². The molecule has 0 saturated carbocycles. The lowest BCUT2D eigenvalue weighted by Gasteiger charge is -2.32. The summed E-state index contributed by atoms with van der Waals surface area (Å²) in [5.74, 6) is 0. The van der Waals surface area contributed by atoms with Gasteiger partial charge in [0.15, 0.2) is 0 Å². The van der Waals surface area contributed by atoms with Crippen molar-refractivity contribution in [2.24, 2.45) is 0 Å². The molecule has 2 N–H and O–H groups in total. The number of amides is 2. The van der Waals surface area contributed by atoms with Crippen LogP contribution in [-0.2, 0) is 6.42 Å². The quantitative estimate of drug-likeness (QED) is 0.873. The number of nitrogens with one attached hydrogen (secondary N) is 1. The molecule has 0 spiro atoms. The van der Waals surface area contributed by atoms with Gasteiger partial charge in [0.2, 0.25) is 0 Å². The van der Waals surface area contributed by atoms with Crippen LogP contribution >= 0.6 is 11.6 Å². The highest BCUT2D eigenvalue weighted by Gasteiger charge is 2.24. The minimum Gasteiger partial charge on any atom is -0.391 e. The maximum atomic E-state index is 12.7. The van der Waals surface area contributed by atoms with Gasteiger partial charge in [-0.05, 0) is 36.5 Å². The van der Waals surface area contributed by atoms with E-state index in [1.165, 1.54) is 0 Å². The minimum absolute atomic E-state index is 0.139. The van der Waals surface area contributed by atoms with Crippen molar-refractivity contribution in [2.75, 3.05) is 13.1 Å². The van der Waals surface area contributed by atoms with Crippen LogP contribution in [0.1, 0.15) is 30.0 Å². The van der Waals surface area contributed by atoms with Crippen molar-refractivity contribution in [2.45, 2.75) is 31.4 Å². The highest BCUT2D eigenvalue weighted by molar-refractivity contribution is 6.31. The highest BCUT2D eigenvalue weighted by atomic mass is 35.5. The second-order valence-corrected chi connectivity index (χ2v) is 6.86. The summed E-state index contributed by atoms with van der Waals surface area (Å²) < 4.78 is 0. The van der Waals surface area contributed by atoms with Crippen molar-refractivity contribution in [3.63, 3.8) is 0 Å². The molecule has 2 aromatic carbocycles. The molecule has 2 amide bonds. The van der Waals surface area contributed by atoms with E-state index < -0.39 is 6.10 Å². The number of benzene rings is 2. The van der Waals surface area contributed by atoms with E-state index in [0.717, 1.165) is 24.0 Å². The summed E-state index contributed by atoms with van der Waals surface area (Å²) in [7, 11) is 0. The third-order valence-electron chi connectivity index (χ3n) is 4.57.